The molecular weight excluding hydrogens is 367 g/mol. The summed E-state index contributed by atoms with van der Waals surface area (Å²) in [5, 5.41) is -1.13. The Morgan fingerprint density at radius 1 is 1.12 bits per heavy atom. The van der Waals surface area contributed by atoms with Gasteiger partial charge in [0.15, 0.2) is 19.7 Å². The van der Waals surface area contributed by atoms with Gasteiger partial charge in [0.25, 0.3) is 0 Å². The number of hydrogen-bond donors (Lipinski definition) is 0. The Kier molecular flexibility index (Phi) is 4.95. The Morgan fingerprint density at radius 3 is 2.40 bits per heavy atom. The zero-order chi connectivity index (χ0) is 18.4. The highest BCUT2D eigenvalue weighted by Gasteiger charge is 2.49. The van der Waals surface area contributed by atoms with E-state index in [0.717, 1.165) is 19.2 Å². The first-order valence-corrected chi connectivity index (χ1v) is 11.6. The van der Waals surface area contributed by atoms with E-state index >= 15 is 0 Å². The SMILES string of the molecule is Cc1ccc(F)c(S(=O)(=O)[C@H]2CS(=O)(=O)C[C@@H]2N2CCN(C)CC2)c1. The molecule has 3 rings (SSSR count). The first kappa shape index (κ1) is 18.8. The molecule has 0 spiro atoms. The fraction of sp³-hybridized carbons (Fsp3) is 0.625. The van der Waals surface area contributed by atoms with Crippen molar-refractivity contribution in [3.05, 3.63) is 29.6 Å². The van der Waals surface area contributed by atoms with Crippen molar-refractivity contribution in [3.8, 4) is 0 Å². The average Bonchev–Trinajstić information content (AvgIpc) is 2.87. The summed E-state index contributed by atoms with van der Waals surface area (Å²) >= 11 is 0. The van der Waals surface area contributed by atoms with Gasteiger partial charge in [-0.15, -0.1) is 0 Å². The van der Waals surface area contributed by atoms with E-state index in [1.54, 1.807) is 6.92 Å². The number of hydrogen-bond acceptors (Lipinski definition) is 6. The Hall–Kier alpha value is -1.03. The Morgan fingerprint density at radius 2 is 1.76 bits per heavy atom. The molecule has 0 N–H and O–H groups in total. The van der Waals surface area contributed by atoms with Crippen molar-refractivity contribution < 1.29 is 21.2 Å². The smallest absolute Gasteiger partial charge is 0.186 e. The third-order valence-electron chi connectivity index (χ3n) is 5.07. The van der Waals surface area contributed by atoms with Crippen LogP contribution >= 0.6 is 0 Å². The second-order valence-corrected chi connectivity index (χ2v) is 11.3. The van der Waals surface area contributed by atoms with Crippen LogP contribution < -0.4 is 0 Å². The average molecular weight is 391 g/mol. The molecule has 0 bridgehead atoms. The van der Waals surface area contributed by atoms with Gasteiger partial charge >= 0.3 is 0 Å². The van der Waals surface area contributed by atoms with Crippen LogP contribution in [0.1, 0.15) is 5.56 Å². The minimum Gasteiger partial charge on any atom is -0.304 e. The molecule has 2 atom stereocenters. The molecule has 0 aromatic heterocycles. The summed E-state index contributed by atoms with van der Waals surface area (Å²) in [7, 11) is -5.59. The summed E-state index contributed by atoms with van der Waals surface area (Å²) in [6.45, 7) is 4.41. The van der Waals surface area contributed by atoms with E-state index in [0.29, 0.717) is 18.7 Å². The molecule has 2 aliphatic rings. The monoisotopic (exact) mass is 390 g/mol. The molecule has 0 aliphatic carbocycles. The van der Waals surface area contributed by atoms with E-state index in [1.165, 1.54) is 12.1 Å². The molecule has 2 saturated heterocycles. The molecule has 1 aromatic rings. The highest BCUT2D eigenvalue weighted by atomic mass is 32.2. The van der Waals surface area contributed by atoms with Crippen molar-refractivity contribution in [3.63, 3.8) is 0 Å². The summed E-state index contributed by atoms with van der Waals surface area (Å²) < 4.78 is 64.7. The first-order chi connectivity index (χ1) is 11.6. The van der Waals surface area contributed by atoms with Crippen LogP contribution in [0.5, 0.6) is 0 Å². The second kappa shape index (κ2) is 6.61. The number of halogens is 1. The summed E-state index contributed by atoms with van der Waals surface area (Å²) in [5.74, 6) is -1.46. The molecule has 1 aromatic carbocycles. The van der Waals surface area contributed by atoms with Gasteiger partial charge in [-0.3, -0.25) is 4.90 Å². The first-order valence-electron chi connectivity index (χ1n) is 8.23. The maximum atomic E-state index is 14.2. The number of nitrogens with zero attached hydrogens (tertiary/aromatic N) is 2. The molecule has 9 heteroatoms. The van der Waals surface area contributed by atoms with Crippen LogP contribution in [-0.4, -0.2) is 82.7 Å². The topological polar surface area (TPSA) is 74.8 Å². The minimum absolute atomic E-state index is 0.186. The van der Waals surface area contributed by atoms with Gasteiger partial charge in [0.2, 0.25) is 0 Å². The van der Waals surface area contributed by atoms with Gasteiger partial charge in [-0.05, 0) is 31.7 Å². The van der Waals surface area contributed by atoms with Crippen molar-refractivity contribution in [2.24, 2.45) is 0 Å². The third-order valence-corrected chi connectivity index (χ3v) is 9.20. The van der Waals surface area contributed by atoms with Crippen molar-refractivity contribution in [1.82, 2.24) is 9.80 Å². The summed E-state index contributed by atoms with van der Waals surface area (Å²) in [4.78, 5) is 3.65. The van der Waals surface area contributed by atoms with Crippen molar-refractivity contribution >= 4 is 19.7 Å². The summed E-state index contributed by atoms with van der Waals surface area (Å²) in [6.07, 6.45) is 0. The number of piperazine rings is 1. The van der Waals surface area contributed by atoms with Gasteiger partial charge in [0.1, 0.15) is 10.7 Å². The Labute approximate surface area is 148 Å². The van der Waals surface area contributed by atoms with Crippen LogP contribution in [0.4, 0.5) is 4.39 Å². The molecule has 2 aliphatic heterocycles. The quantitative estimate of drug-likeness (QED) is 0.740. The van der Waals surface area contributed by atoms with Gasteiger partial charge in [-0.1, -0.05) is 6.07 Å². The van der Waals surface area contributed by atoms with Crippen LogP contribution in [-0.2, 0) is 19.7 Å². The van der Waals surface area contributed by atoms with Crippen LogP contribution in [0.25, 0.3) is 0 Å². The lowest BCUT2D eigenvalue weighted by Gasteiger charge is -2.37. The maximum absolute atomic E-state index is 14.2. The molecule has 25 heavy (non-hydrogen) atoms. The molecule has 6 nitrogen and oxygen atoms in total. The molecule has 0 radical (unpaired) electrons. The van der Waals surface area contributed by atoms with Gasteiger partial charge in [0.05, 0.1) is 16.8 Å². The van der Waals surface area contributed by atoms with Crippen molar-refractivity contribution in [2.45, 2.75) is 23.1 Å². The summed E-state index contributed by atoms with van der Waals surface area (Å²) in [6, 6.07) is 3.29. The maximum Gasteiger partial charge on any atom is 0.186 e. The molecular formula is C16H23FN2O4S2. The number of sulfone groups is 2. The largest absolute Gasteiger partial charge is 0.304 e. The number of aryl methyl sites for hydroxylation is 1. The van der Waals surface area contributed by atoms with E-state index in [2.05, 4.69) is 4.90 Å². The lowest BCUT2D eigenvalue weighted by atomic mass is 10.2. The molecule has 2 heterocycles. The highest BCUT2D eigenvalue weighted by molar-refractivity contribution is 7.96. The molecule has 140 valence electrons. The highest BCUT2D eigenvalue weighted by Crippen LogP contribution is 2.31. The van der Waals surface area contributed by atoms with Crippen LogP contribution in [0.2, 0.25) is 0 Å². The standard InChI is InChI=1S/C16H23FN2O4S2/c1-12-3-4-13(17)15(9-12)25(22,23)16-11-24(20,21)10-14(16)19-7-5-18(2)6-8-19/h3-4,9,14,16H,5-8,10-11H2,1-2H3/t14-,16-/m0/s1. The van der Waals surface area contributed by atoms with Crippen molar-refractivity contribution in [1.29, 1.82) is 0 Å². The lowest BCUT2D eigenvalue weighted by Crippen LogP contribution is -2.54. The normalized spacial score (nSPS) is 28.3. The Balaban J connectivity index is 1.98. The van der Waals surface area contributed by atoms with E-state index < -0.39 is 47.4 Å². The summed E-state index contributed by atoms with van der Waals surface area (Å²) in [5.41, 5.74) is 0.622. The van der Waals surface area contributed by atoms with E-state index in [1.807, 2.05) is 11.9 Å². The lowest BCUT2D eigenvalue weighted by molar-refractivity contribution is 0.122. The van der Waals surface area contributed by atoms with Crippen LogP contribution in [0.3, 0.4) is 0 Å². The Bertz CT molecular complexity index is 862. The van der Waals surface area contributed by atoms with Crippen molar-refractivity contribution in [2.75, 3.05) is 44.7 Å². The van der Waals surface area contributed by atoms with Gasteiger partial charge in [-0.2, -0.15) is 0 Å². The van der Waals surface area contributed by atoms with Gasteiger partial charge < -0.3 is 4.90 Å². The zero-order valence-corrected chi connectivity index (χ0v) is 16.0. The fourth-order valence-corrected chi connectivity index (χ4v) is 8.56. The number of rotatable bonds is 3. The van der Waals surface area contributed by atoms with Gasteiger partial charge in [-0.25, -0.2) is 21.2 Å². The predicted molar refractivity (Wildman–Crippen MR) is 93.6 cm³/mol. The molecule has 2 fully saturated rings. The minimum atomic E-state index is -4.08. The van der Waals surface area contributed by atoms with E-state index in [4.69, 9.17) is 0 Å². The molecule has 0 saturated carbocycles. The molecule has 0 unspecified atom stereocenters. The van der Waals surface area contributed by atoms with E-state index in [9.17, 15) is 21.2 Å². The van der Waals surface area contributed by atoms with Crippen LogP contribution in [0.15, 0.2) is 23.1 Å². The zero-order valence-electron chi connectivity index (χ0n) is 14.4. The number of benzene rings is 1. The third kappa shape index (κ3) is 3.74. The second-order valence-electron chi connectivity index (χ2n) is 7.00. The van der Waals surface area contributed by atoms with Gasteiger partial charge in [0, 0.05) is 32.2 Å². The van der Waals surface area contributed by atoms with E-state index in [-0.39, 0.29) is 5.75 Å². The van der Waals surface area contributed by atoms with Crippen LogP contribution in [0, 0.1) is 12.7 Å². The molecule has 0 amide bonds. The predicted octanol–water partition coefficient (Wildman–Crippen LogP) is 0.321. The fourth-order valence-electron chi connectivity index (χ4n) is 3.58. The number of likely N-dealkylation sites (N-methyl/N-ethyl adjacent to an activating group) is 1.